The van der Waals surface area contributed by atoms with Crippen molar-refractivity contribution in [2.45, 2.75) is 31.9 Å². The minimum Gasteiger partial charge on any atom is -0.381 e. The molecule has 94 valence electrons. The van der Waals surface area contributed by atoms with Gasteiger partial charge in [-0.05, 0) is 25.7 Å². The predicted octanol–water partition coefficient (Wildman–Crippen LogP) is 0.461. The molecule has 0 saturated carbocycles. The van der Waals surface area contributed by atoms with Crippen molar-refractivity contribution in [3.05, 3.63) is 0 Å². The van der Waals surface area contributed by atoms with Crippen LogP contribution >= 0.6 is 0 Å². The molecule has 2 heterocycles. The van der Waals surface area contributed by atoms with Crippen LogP contribution in [0.4, 0.5) is 0 Å². The lowest BCUT2D eigenvalue weighted by molar-refractivity contribution is -0.0503. The standard InChI is InChI=1S/C12H24N2O2/c1-10(13)12-8-14(4-6-16-12)7-11-3-2-5-15-9-11/h10-12H,2-9,13H2,1H3. The van der Waals surface area contributed by atoms with E-state index in [4.69, 9.17) is 15.2 Å². The van der Waals surface area contributed by atoms with Crippen molar-refractivity contribution in [3.8, 4) is 0 Å². The van der Waals surface area contributed by atoms with Gasteiger partial charge in [0.2, 0.25) is 0 Å². The third-order valence-corrected chi connectivity index (χ3v) is 3.54. The largest absolute Gasteiger partial charge is 0.381 e. The maximum atomic E-state index is 5.89. The van der Waals surface area contributed by atoms with E-state index in [1.807, 2.05) is 6.92 Å². The molecule has 0 aromatic rings. The monoisotopic (exact) mass is 228 g/mol. The Balaban J connectivity index is 1.75. The van der Waals surface area contributed by atoms with E-state index in [9.17, 15) is 0 Å². The number of nitrogens with two attached hydrogens (primary N) is 1. The lowest BCUT2D eigenvalue weighted by atomic mass is 10.0. The highest BCUT2D eigenvalue weighted by Crippen LogP contribution is 2.17. The van der Waals surface area contributed by atoms with Crippen LogP contribution in [0.1, 0.15) is 19.8 Å². The second-order valence-corrected chi connectivity index (χ2v) is 5.11. The summed E-state index contributed by atoms with van der Waals surface area (Å²) in [4.78, 5) is 2.48. The van der Waals surface area contributed by atoms with E-state index in [1.54, 1.807) is 0 Å². The molecule has 0 amide bonds. The van der Waals surface area contributed by atoms with Crippen LogP contribution < -0.4 is 5.73 Å². The zero-order valence-corrected chi connectivity index (χ0v) is 10.2. The van der Waals surface area contributed by atoms with Gasteiger partial charge >= 0.3 is 0 Å². The molecule has 2 N–H and O–H groups in total. The summed E-state index contributed by atoms with van der Waals surface area (Å²) in [5.74, 6) is 0.709. The highest BCUT2D eigenvalue weighted by Gasteiger charge is 2.25. The molecule has 3 atom stereocenters. The number of nitrogens with zero attached hydrogens (tertiary/aromatic N) is 1. The van der Waals surface area contributed by atoms with Gasteiger partial charge in [-0.1, -0.05) is 0 Å². The molecule has 0 spiro atoms. The first-order valence-electron chi connectivity index (χ1n) is 6.43. The van der Waals surface area contributed by atoms with Gasteiger partial charge in [-0.2, -0.15) is 0 Å². The third kappa shape index (κ3) is 3.42. The van der Waals surface area contributed by atoms with Crippen LogP contribution in [-0.2, 0) is 9.47 Å². The molecule has 2 aliphatic rings. The molecule has 0 aromatic carbocycles. The molecule has 16 heavy (non-hydrogen) atoms. The lowest BCUT2D eigenvalue weighted by Gasteiger charge is -2.37. The minimum atomic E-state index is 0.130. The van der Waals surface area contributed by atoms with Crippen LogP contribution in [0.2, 0.25) is 0 Å². The summed E-state index contributed by atoms with van der Waals surface area (Å²) in [6, 6.07) is 0.130. The van der Waals surface area contributed by atoms with E-state index in [2.05, 4.69) is 4.90 Å². The molecular weight excluding hydrogens is 204 g/mol. The zero-order chi connectivity index (χ0) is 11.4. The van der Waals surface area contributed by atoms with Gasteiger partial charge in [0.05, 0.1) is 19.3 Å². The van der Waals surface area contributed by atoms with Crippen molar-refractivity contribution in [2.24, 2.45) is 11.7 Å². The number of morpholine rings is 1. The summed E-state index contributed by atoms with van der Waals surface area (Å²) in [5.41, 5.74) is 5.89. The SMILES string of the molecule is CC(N)C1CN(CC2CCCOC2)CCO1. The van der Waals surface area contributed by atoms with E-state index < -0.39 is 0 Å². The Kier molecular flexibility index (Phi) is 4.58. The molecule has 0 radical (unpaired) electrons. The van der Waals surface area contributed by atoms with E-state index >= 15 is 0 Å². The maximum absolute atomic E-state index is 5.89. The second-order valence-electron chi connectivity index (χ2n) is 5.11. The smallest absolute Gasteiger partial charge is 0.0850 e. The maximum Gasteiger partial charge on any atom is 0.0850 e. The molecule has 4 heteroatoms. The van der Waals surface area contributed by atoms with Crippen molar-refractivity contribution >= 4 is 0 Å². The number of rotatable bonds is 3. The topological polar surface area (TPSA) is 47.7 Å². The molecule has 0 aromatic heterocycles. The fourth-order valence-corrected chi connectivity index (χ4v) is 2.53. The molecule has 3 unspecified atom stereocenters. The molecule has 2 rings (SSSR count). The van der Waals surface area contributed by atoms with E-state index in [-0.39, 0.29) is 12.1 Å². The van der Waals surface area contributed by atoms with Crippen LogP contribution in [0, 0.1) is 5.92 Å². The Bertz CT molecular complexity index is 205. The Morgan fingerprint density at radius 3 is 3.00 bits per heavy atom. The molecule has 2 saturated heterocycles. The average Bonchev–Trinajstić information content (AvgIpc) is 2.30. The first kappa shape index (κ1) is 12.3. The summed E-state index contributed by atoms with van der Waals surface area (Å²) in [6.45, 7) is 7.89. The van der Waals surface area contributed by atoms with E-state index in [1.165, 1.54) is 12.8 Å². The quantitative estimate of drug-likeness (QED) is 0.762. The van der Waals surface area contributed by atoms with Crippen LogP contribution in [0.3, 0.4) is 0 Å². The third-order valence-electron chi connectivity index (χ3n) is 3.54. The second kappa shape index (κ2) is 5.96. The highest BCUT2D eigenvalue weighted by atomic mass is 16.5. The van der Waals surface area contributed by atoms with E-state index in [0.717, 1.165) is 39.5 Å². The van der Waals surface area contributed by atoms with Crippen LogP contribution in [0.25, 0.3) is 0 Å². The summed E-state index contributed by atoms with van der Waals surface area (Å²) < 4.78 is 11.2. The molecular formula is C12H24N2O2. The highest BCUT2D eigenvalue weighted by molar-refractivity contribution is 4.79. The Labute approximate surface area is 98.1 Å². The van der Waals surface area contributed by atoms with Gasteiger partial charge in [0, 0.05) is 32.3 Å². The van der Waals surface area contributed by atoms with Gasteiger partial charge in [-0.15, -0.1) is 0 Å². The molecule has 0 bridgehead atoms. The minimum absolute atomic E-state index is 0.130. The fourth-order valence-electron chi connectivity index (χ4n) is 2.53. The van der Waals surface area contributed by atoms with Gasteiger partial charge in [0.1, 0.15) is 0 Å². The van der Waals surface area contributed by atoms with Crippen LogP contribution in [0.5, 0.6) is 0 Å². The number of hydrogen-bond acceptors (Lipinski definition) is 4. The van der Waals surface area contributed by atoms with Crippen LogP contribution in [-0.4, -0.2) is 56.5 Å². The van der Waals surface area contributed by atoms with Gasteiger partial charge in [-0.25, -0.2) is 0 Å². The fraction of sp³-hybridized carbons (Fsp3) is 1.00. The van der Waals surface area contributed by atoms with E-state index in [0.29, 0.717) is 5.92 Å². The van der Waals surface area contributed by atoms with Gasteiger partial charge in [0.25, 0.3) is 0 Å². The molecule has 2 aliphatic heterocycles. The number of ether oxygens (including phenoxy) is 2. The summed E-state index contributed by atoms with van der Waals surface area (Å²) >= 11 is 0. The molecule has 0 aliphatic carbocycles. The van der Waals surface area contributed by atoms with Gasteiger partial charge < -0.3 is 15.2 Å². The normalized spacial score (nSPS) is 34.9. The molecule has 4 nitrogen and oxygen atoms in total. The first-order valence-corrected chi connectivity index (χ1v) is 6.43. The Morgan fingerprint density at radius 2 is 2.31 bits per heavy atom. The van der Waals surface area contributed by atoms with Crippen molar-refractivity contribution in [2.75, 3.05) is 39.5 Å². The number of hydrogen-bond donors (Lipinski definition) is 1. The Morgan fingerprint density at radius 1 is 1.44 bits per heavy atom. The van der Waals surface area contributed by atoms with Gasteiger partial charge in [-0.3, -0.25) is 4.90 Å². The van der Waals surface area contributed by atoms with Crippen molar-refractivity contribution in [1.82, 2.24) is 4.90 Å². The van der Waals surface area contributed by atoms with Crippen molar-refractivity contribution < 1.29 is 9.47 Å². The first-order chi connectivity index (χ1) is 7.75. The summed E-state index contributed by atoms with van der Waals surface area (Å²) in [7, 11) is 0. The summed E-state index contributed by atoms with van der Waals surface area (Å²) in [6.07, 6.45) is 2.73. The lowest BCUT2D eigenvalue weighted by Crippen LogP contribution is -2.51. The zero-order valence-electron chi connectivity index (χ0n) is 10.2. The average molecular weight is 228 g/mol. The molecule has 2 fully saturated rings. The van der Waals surface area contributed by atoms with Crippen molar-refractivity contribution in [3.63, 3.8) is 0 Å². The predicted molar refractivity (Wildman–Crippen MR) is 63.4 cm³/mol. The Hall–Kier alpha value is -0.160. The summed E-state index contributed by atoms with van der Waals surface area (Å²) in [5, 5.41) is 0. The van der Waals surface area contributed by atoms with Gasteiger partial charge in [0.15, 0.2) is 0 Å². The van der Waals surface area contributed by atoms with Crippen LogP contribution in [0.15, 0.2) is 0 Å². The van der Waals surface area contributed by atoms with Crippen molar-refractivity contribution in [1.29, 1.82) is 0 Å².